The van der Waals surface area contributed by atoms with Crippen LogP contribution in [0.4, 0.5) is 23.4 Å². The fourth-order valence-corrected chi connectivity index (χ4v) is 1.80. The molecule has 0 fully saturated rings. The molecule has 0 saturated heterocycles. The zero-order valence-electron chi connectivity index (χ0n) is 10.6. The van der Waals surface area contributed by atoms with Crippen molar-refractivity contribution in [3.05, 3.63) is 59.5 Å². The Morgan fingerprint density at radius 2 is 1.75 bits per heavy atom. The van der Waals surface area contributed by atoms with E-state index in [-0.39, 0.29) is 5.82 Å². The van der Waals surface area contributed by atoms with Crippen LogP contribution in [0, 0.1) is 5.82 Å². The highest BCUT2D eigenvalue weighted by molar-refractivity contribution is 5.39. The number of alkyl halides is 3. The van der Waals surface area contributed by atoms with E-state index in [0.29, 0.717) is 5.56 Å². The first kappa shape index (κ1) is 14.3. The van der Waals surface area contributed by atoms with E-state index in [2.05, 4.69) is 10.3 Å². The van der Waals surface area contributed by atoms with Gasteiger partial charge in [-0.05, 0) is 25.1 Å². The van der Waals surface area contributed by atoms with E-state index in [1.807, 2.05) is 0 Å². The van der Waals surface area contributed by atoms with Gasteiger partial charge >= 0.3 is 6.18 Å². The third-order valence-corrected chi connectivity index (χ3v) is 2.78. The molecule has 0 aliphatic heterocycles. The van der Waals surface area contributed by atoms with E-state index < -0.39 is 23.7 Å². The van der Waals surface area contributed by atoms with Gasteiger partial charge in [0, 0.05) is 5.56 Å². The smallest absolute Gasteiger partial charge is 0.363 e. The van der Waals surface area contributed by atoms with Crippen molar-refractivity contribution in [2.24, 2.45) is 0 Å². The van der Waals surface area contributed by atoms with E-state index in [1.165, 1.54) is 18.2 Å². The zero-order chi connectivity index (χ0) is 14.8. The standard InChI is InChI=1S/C14H12F4N2/c1-9(10-5-2-3-6-11(10)15)19-13-8-4-7-12(20-13)14(16,17)18/h2-9H,1H3,(H,19,20). The molecule has 0 amide bonds. The van der Waals surface area contributed by atoms with Crippen LogP contribution in [0.2, 0.25) is 0 Å². The Hall–Kier alpha value is -2.11. The monoisotopic (exact) mass is 284 g/mol. The number of benzene rings is 1. The van der Waals surface area contributed by atoms with Crippen molar-refractivity contribution in [2.75, 3.05) is 5.32 Å². The molecule has 2 aromatic rings. The first-order chi connectivity index (χ1) is 9.38. The molecule has 0 spiro atoms. The van der Waals surface area contributed by atoms with E-state index in [0.717, 1.165) is 6.07 Å². The largest absolute Gasteiger partial charge is 0.433 e. The Balaban J connectivity index is 2.20. The van der Waals surface area contributed by atoms with Crippen molar-refractivity contribution in [1.29, 1.82) is 0 Å². The molecule has 1 heterocycles. The van der Waals surface area contributed by atoms with Gasteiger partial charge in [-0.2, -0.15) is 13.2 Å². The number of hydrogen-bond donors (Lipinski definition) is 1. The summed E-state index contributed by atoms with van der Waals surface area (Å²) in [5, 5.41) is 2.76. The highest BCUT2D eigenvalue weighted by Gasteiger charge is 2.32. The summed E-state index contributed by atoms with van der Waals surface area (Å²) in [5.41, 5.74) is -0.616. The van der Waals surface area contributed by atoms with Gasteiger partial charge in [0.25, 0.3) is 0 Å². The number of nitrogens with zero attached hydrogens (tertiary/aromatic N) is 1. The molecule has 2 nitrogen and oxygen atoms in total. The molecule has 106 valence electrons. The van der Waals surface area contributed by atoms with Gasteiger partial charge in [-0.3, -0.25) is 0 Å². The Kier molecular flexibility index (Phi) is 3.92. The lowest BCUT2D eigenvalue weighted by atomic mass is 10.1. The van der Waals surface area contributed by atoms with Gasteiger partial charge in [0.1, 0.15) is 17.3 Å². The van der Waals surface area contributed by atoms with Crippen molar-refractivity contribution < 1.29 is 17.6 Å². The highest BCUT2D eigenvalue weighted by Crippen LogP contribution is 2.29. The van der Waals surface area contributed by atoms with Crippen LogP contribution in [-0.2, 0) is 6.18 Å². The topological polar surface area (TPSA) is 24.9 Å². The molecule has 2 rings (SSSR count). The van der Waals surface area contributed by atoms with Crippen LogP contribution in [0.5, 0.6) is 0 Å². The lowest BCUT2D eigenvalue weighted by Gasteiger charge is -2.16. The summed E-state index contributed by atoms with van der Waals surface area (Å²) in [6.45, 7) is 1.65. The molecule has 20 heavy (non-hydrogen) atoms. The van der Waals surface area contributed by atoms with Crippen LogP contribution >= 0.6 is 0 Å². The number of halogens is 4. The third kappa shape index (κ3) is 3.26. The molecular formula is C14H12F4N2. The Labute approximate surface area is 113 Å². The summed E-state index contributed by atoms with van der Waals surface area (Å²) >= 11 is 0. The van der Waals surface area contributed by atoms with Crippen molar-refractivity contribution in [1.82, 2.24) is 4.98 Å². The molecule has 1 N–H and O–H groups in total. The number of nitrogens with one attached hydrogen (secondary N) is 1. The first-order valence-electron chi connectivity index (χ1n) is 5.93. The highest BCUT2D eigenvalue weighted by atomic mass is 19.4. The molecule has 1 unspecified atom stereocenters. The average Bonchev–Trinajstić information content (AvgIpc) is 2.38. The predicted octanol–water partition coefficient (Wildman–Crippen LogP) is 4.41. The lowest BCUT2D eigenvalue weighted by Crippen LogP contribution is -2.13. The van der Waals surface area contributed by atoms with E-state index >= 15 is 0 Å². The molecule has 6 heteroatoms. The predicted molar refractivity (Wildman–Crippen MR) is 67.7 cm³/mol. The van der Waals surface area contributed by atoms with Gasteiger partial charge in [-0.25, -0.2) is 9.37 Å². The zero-order valence-corrected chi connectivity index (χ0v) is 10.6. The van der Waals surface area contributed by atoms with Gasteiger partial charge in [0.05, 0.1) is 6.04 Å². The van der Waals surface area contributed by atoms with Crippen LogP contribution in [0.3, 0.4) is 0 Å². The number of aromatic nitrogens is 1. The Bertz CT molecular complexity index is 596. The number of anilines is 1. The Morgan fingerprint density at radius 3 is 2.40 bits per heavy atom. The number of pyridine rings is 1. The summed E-state index contributed by atoms with van der Waals surface area (Å²) in [6, 6.07) is 9.14. The Morgan fingerprint density at radius 1 is 1.05 bits per heavy atom. The van der Waals surface area contributed by atoms with Gasteiger partial charge < -0.3 is 5.32 Å². The minimum Gasteiger partial charge on any atom is -0.363 e. The van der Waals surface area contributed by atoms with Crippen molar-refractivity contribution in [3.63, 3.8) is 0 Å². The fraction of sp³-hybridized carbons (Fsp3) is 0.214. The molecule has 0 bridgehead atoms. The first-order valence-corrected chi connectivity index (χ1v) is 5.93. The molecule has 0 aliphatic carbocycles. The third-order valence-electron chi connectivity index (χ3n) is 2.78. The fourth-order valence-electron chi connectivity index (χ4n) is 1.80. The molecule has 1 aromatic carbocycles. The second kappa shape index (κ2) is 5.48. The van der Waals surface area contributed by atoms with Gasteiger partial charge in [0.2, 0.25) is 0 Å². The summed E-state index contributed by atoms with van der Waals surface area (Å²) in [7, 11) is 0. The molecule has 0 aliphatic rings. The molecular weight excluding hydrogens is 272 g/mol. The SMILES string of the molecule is CC(Nc1cccc(C(F)(F)F)n1)c1ccccc1F. The second-order valence-electron chi connectivity index (χ2n) is 4.29. The van der Waals surface area contributed by atoms with Crippen LogP contribution in [0.25, 0.3) is 0 Å². The minimum atomic E-state index is -4.50. The minimum absolute atomic E-state index is 0.0515. The van der Waals surface area contributed by atoms with E-state index in [4.69, 9.17) is 0 Å². The van der Waals surface area contributed by atoms with E-state index in [1.54, 1.807) is 25.1 Å². The van der Waals surface area contributed by atoms with Crippen LogP contribution in [0.15, 0.2) is 42.5 Å². The maximum atomic E-state index is 13.6. The summed E-state index contributed by atoms with van der Waals surface area (Å²) < 4.78 is 51.2. The van der Waals surface area contributed by atoms with Crippen molar-refractivity contribution in [3.8, 4) is 0 Å². The molecule has 1 aromatic heterocycles. The summed E-state index contributed by atoms with van der Waals surface area (Å²) in [5.74, 6) is -0.366. The van der Waals surface area contributed by atoms with Gasteiger partial charge in [-0.15, -0.1) is 0 Å². The van der Waals surface area contributed by atoms with Crippen molar-refractivity contribution in [2.45, 2.75) is 19.1 Å². The number of rotatable bonds is 3. The molecule has 0 saturated carbocycles. The van der Waals surface area contributed by atoms with Gasteiger partial charge in [-0.1, -0.05) is 24.3 Å². The van der Waals surface area contributed by atoms with Crippen LogP contribution in [-0.4, -0.2) is 4.98 Å². The molecule has 1 atom stereocenters. The lowest BCUT2D eigenvalue weighted by molar-refractivity contribution is -0.141. The summed E-state index contributed by atoms with van der Waals surface area (Å²) in [6.07, 6.45) is -4.50. The second-order valence-corrected chi connectivity index (χ2v) is 4.29. The molecule has 0 radical (unpaired) electrons. The van der Waals surface area contributed by atoms with Gasteiger partial charge in [0.15, 0.2) is 0 Å². The van der Waals surface area contributed by atoms with Crippen molar-refractivity contribution >= 4 is 5.82 Å². The van der Waals surface area contributed by atoms with Crippen LogP contribution < -0.4 is 5.32 Å². The maximum absolute atomic E-state index is 13.6. The number of hydrogen-bond acceptors (Lipinski definition) is 2. The maximum Gasteiger partial charge on any atom is 0.433 e. The normalized spacial score (nSPS) is 13.1. The summed E-state index contributed by atoms with van der Waals surface area (Å²) in [4.78, 5) is 3.48. The van der Waals surface area contributed by atoms with Crippen LogP contribution in [0.1, 0.15) is 24.2 Å². The quantitative estimate of drug-likeness (QED) is 0.844. The van der Waals surface area contributed by atoms with E-state index in [9.17, 15) is 17.6 Å². The average molecular weight is 284 g/mol.